The molecule has 0 aliphatic carbocycles. The van der Waals surface area contributed by atoms with Crippen molar-refractivity contribution in [2.24, 2.45) is 5.10 Å². The molecule has 0 aliphatic heterocycles. The van der Waals surface area contributed by atoms with E-state index in [9.17, 15) is 17.2 Å². The van der Waals surface area contributed by atoms with Gasteiger partial charge in [0.25, 0.3) is 10.0 Å². The molecule has 2 aromatic rings. The average molecular weight is 384 g/mol. The highest BCUT2D eigenvalue weighted by Gasteiger charge is 2.16. The van der Waals surface area contributed by atoms with Gasteiger partial charge in [0.05, 0.1) is 18.2 Å². The zero-order chi connectivity index (χ0) is 19.3. The second-order valence-corrected chi connectivity index (χ2v) is 7.04. The Labute approximate surface area is 150 Å². The fraction of sp³-hybridized carbons (Fsp3) is 0.235. The van der Waals surface area contributed by atoms with Crippen LogP contribution < -0.4 is 14.3 Å². The van der Waals surface area contributed by atoms with Gasteiger partial charge in [-0.15, -0.1) is 0 Å². The normalized spacial score (nSPS) is 11.8. The molecule has 0 saturated heterocycles. The summed E-state index contributed by atoms with van der Waals surface area (Å²) >= 11 is 0. The Morgan fingerprint density at radius 1 is 1.12 bits per heavy atom. The summed E-state index contributed by atoms with van der Waals surface area (Å²) in [5.41, 5.74) is 1.83. The van der Waals surface area contributed by atoms with Crippen LogP contribution in [0, 0.1) is 13.8 Å². The van der Waals surface area contributed by atoms with E-state index < -0.39 is 16.6 Å². The zero-order valence-corrected chi connectivity index (χ0v) is 15.2. The number of hydrogen-bond donors (Lipinski definition) is 1. The molecule has 6 nitrogen and oxygen atoms in total. The monoisotopic (exact) mass is 384 g/mol. The maximum absolute atomic E-state index is 12.3. The van der Waals surface area contributed by atoms with Crippen LogP contribution in [0.15, 0.2) is 46.4 Å². The Hall–Kier alpha value is -2.68. The summed E-state index contributed by atoms with van der Waals surface area (Å²) < 4.78 is 58.6. The Morgan fingerprint density at radius 3 is 2.50 bits per heavy atom. The van der Waals surface area contributed by atoms with Crippen LogP contribution in [0.4, 0.5) is 8.78 Å². The van der Waals surface area contributed by atoms with Crippen molar-refractivity contribution in [2.45, 2.75) is 25.4 Å². The number of nitrogens with zero attached hydrogens (tertiary/aromatic N) is 1. The van der Waals surface area contributed by atoms with E-state index in [4.69, 9.17) is 4.74 Å². The number of sulfonamides is 1. The summed E-state index contributed by atoms with van der Waals surface area (Å²) in [6.45, 7) is 0.495. The van der Waals surface area contributed by atoms with Crippen molar-refractivity contribution in [3.63, 3.8) is 0 Å². The smallest absolute Gasteiger partial charge is 0.387 e. The molecule has 2 aromatic carbocycles. The van der Waals surface area contributed by atoms with Gasteiger partial charge in [-0.25, -0.2) is 4.83 Å². The Bertz CT molecular complexity index is 915. The van der Waals surface area contributed by atoms with Crippen molar-refractivity contribution < 1.29 is 26.7 Å². The molecule has 0 radical (unpaired) electrons. The molecule has 0 atom stereocenters. The first-order valence-electron chi connectivity index (χ1n) is 7.48. The van der Waals surface area contributed by atoms with E-state index in [1.165, 1.54) is 31.5 Å². The Kier molecular flexibility index (Phi) is 6.14. The molecular formula is C17H18F2N2O4S. The third-order valence-corrected chi connectivity index (χ3v) is 4.79. The maximum Gasteiger partial charge on any atom is 0.387 e. The number of rotatable bonds is 7. The van der Waals surface area contributed by atoms with Crippen LogP contribution in [0.2, 0.25) is 0 Å². The van der Waals surface area contributed by atoms with Crippen molar-refractivity contribution in [3.05, 3.63) is 53.1 Å². The number of methoxy groups -OCH3 is 1. The van der Waals surface area contributed by atoms with E-state index in [1.807, 2.05) is 6.07 Å². The van der Waals surface area contributed by atoms with E-state index in [-0.39, 0.29) is 16.4 Å². The molecule has 0 aromatic heterocycles. The highest BCUT2D eigenvalue weighted by molar-refractivity contribution is 7.89. The number of nitrogens with one attached hydrogen (secondary N) is 1. The van der Waals surface area contributed by atoms with Gasteiger partial charge < -0.3 is 9.47 Å². The lowest BCUT2D eigenvalue weighted by atomic mass is 10.2. The summed E-state index contributed by atoms with van der Waals surface area (Å²) in [5, 5.41) is 3.72. The van der Waals surface area contributed by atoms with Gasteiger partial charge in [-0.05, 0) is 54.8 Å². The number of hydrazone groups is 1. The van der Waals surface area contributed by atoms with Gasteiger partial charge in [-0.2, -0.15) is 22.3 Å². The van der Waals surface area contributed by atoms with E-state index in [1.54, 1.807) is 26.0 Å². The molecule has 140 valence electrons. The number of ether oxygens (including phenoxy) is 2. The first-order valence-corrected chi connectivity index (χ1v) is 8.96. The quantitative estimate of drug-likeness (QED) is 0.587. The van der Waals surface area contributed by atoms with E-state index in [0.29, 0.717) is 11.1 Å². The molecule has 26 heavy (non-hydrogen) atoms. The molecular weight excluding hydrogens is 366 g/mol. The minimum absolute atomic E-state index is 0.0756. The molecule has 0 heterocycles. The lowest BCUT2D eigenvalue weighted by Gasteiger charge is -2.10. The Morgan fingerprint density at radius 2 is 1.85 bits per heavy atom. The lowest BCUT2D eigenvalue weighted by Crippen LogP contribution is -2.19. The second-order valence-electron chi connectivity index (χ2n) is 5.41. The summed E-state index contributed by atoms with van der Waals surface area (Å²) in [6, 6.07) is 9.19. The van der Waals surface area contributed by atoms with Gasteiger partial charge in [0.2, 0.25) is 0 Å². The van der Waals surface area contributed by atoms with Crippen LogP contribution in [0.3, 0.4) is 0 Å². The van der Waals surface area contributed by atoms with Gasteiger partial charge >= 0.3 is 6.61 Å². The van der Waals surface area contributed by atoms with Gasteiger partial charge in [0.1, 0.15) is 0 Å². The van der Waals surface area contributed by atoms with Crippen LogP contribution in [-0.2, 0) is 10.0 Å². The summed E-state index contributed by atoms with van der Waals surface area (Å²) in [6.07, 6.45) is 1.23. The third kappa shape index (κ3) is 4.92. The number of aryl methyl sites for hydroxylation is 2. The van der Waals surface area contributed by atoms with E-state index >= 15 is 0 Å². The Balaban J connectivity index is 2.18. The van der Waals surface area contributed by atoms with Crippen LogP contribution in [0.5, 0.6) is 11.5 Å². The highest BCUT2D eigenvalue weighted by Crippen LogP contribution is 2.28. The topological polar surface area (TPSA) is 77.0 Å². The molecule has 9 heteroatoms. The lowest BCUT2D eigenvalue weighted by molar-refractivity contribution is -0.0512. The van der Waals surface area contributed by atoms with Crippen molar-refractivity contribution in [1.29, 1.82) is 0 Å². The van der Waals surface area contributed by atoms with E-state index in [0.717, 1.165) is 5.56 Å². The summed E-state index contributed by atoms with van der Waals surface area (Å²) in [5.74, 6) is -0.0535. The third-order valence-electron chi connectivity index (χ3n) is 3.42. The predicted octanol–water partition coefficient (Wildman–Crippen LogP) is 3.23. The molecule has 0 bridgehead atoms. The molecule has 1 N–H and O–H groups in total. The van der Waals surface area contributed by atoms with Gasteiger partial charge in [-0.3, -0.25) is 0 Å². The molecule has 0 saturated carbocycles. The highest BCUT2D eigenvalue weighted by atomic mass is 32.2. The summed E-state index contributed by atoms with van der Waals surface area (Å²) in [4.78, 5) is 2.26. The fourth-order valence-electron chi connectivity index (χ4n) is 2.17. The van der Waals surface area contributed by atoms with Gasteiger partial charge in [0, 0.05) is 0 Å². The molecule has 0 spiro atoms. The summed E-state index contributed by atoms with van der Waals surface area (Å²) in [7, 11) is -2.52. The van der Waals surface area contributed by atoms with Crippen LogP contribution in [0.1, 0.15) is 16.7 Å². The number of hydrogen-bond acceptors (Lipinski definition) is 5. The average Bonchev–Trinajstić information content (AvgIpc) is 2.57. The minimum atomic E-state index is -3.83. The largest absolute Gasteiger partial charge is 0.493 e. The number of alkyl halides is 2. The molecule has 0 amide bonds. The van der Waals surface area contributed by atoms with Crippen molar-refractivity contribution in [2.75, 3.05) is 7.11 Å². The standard InChI is InChI=1S/C17H18F2N2O4S/c1-11-4-5-12(2)16(8-11)26(22,23)21-20-10-13-6-7-14(25-17(18)19)15(9-13)24-3/h4-10,17,21H,1-3H3/b20-10+. The molecule has 0 aliphatic rings. The first kappa shape index (κ1) is 19.6. The van der Waals surface area contributed by atoms with Crippen molar-refractivity contribution >= 4 is 16.2 Å². The number of halogens is 2. The first-order chi connectivity index (χ1) is 12.2. The molecule has 0 unspecified atom stereocenters. The fourth-order valence-corrected chi connectivity index (χ4v) is 3.30. The predicted molar refractivity (Wildman–Crippen MR) is 93.5 cm³/mol. The SMILES string of the molecule is COc1cc(/C=N/NS(=O)(=O)c2cc(C)ccc2C)ccc1OC(F)F. The minimum Gasteiger partial charge on any atom is -0.493 e. The van der Waals surface area contributed by atoms with E-state index in [2.05, 4.69) is 14.7 Å². The maximum atomic E-state index is 12.3. The van der Waals surface area contributed by atoms with Crippen LogP contribution in [0.25, 0.3) is 0 Å². The zero-order valence-electron chi connectivity index (χ0n) is 14.4. The second kappa shape index (κ2) is 8.13. The van der Waals surface area contributed by atoms with Gasteiger partial charge in [0.15, 0.2) is 11.5 Å². The van der Waals surface area contributed by atoms with Crippen molar-refractivity contribution in [3.8, 4) is 11.5 Å². The van der Waals surface area contributed by atoms with Gasteiger partial charge in [-0.1, -0.05) is 12.1 Å². The van der Waals surface area contributed by atoms with Crippen LogP contribution in [-0.4, -0.2) is 28.4 Å². The number of benzene rings is 2. The van der Waals surface area contributed by atoms with Crippen LogP contribution >= 0.6 is 0 Å². The molecule has 2 rings (SSSR count). The van der Waals surface area contributed by atoms with Crippen molar-refractivity contribution in [1.82, 2.24) is 4.83 Å². The molecule has 0 fully saturated rings.